The van der Waals surface area contributed by atoms with Gasteiger partial charge in [-0.25, -0.2) is 0 Å². The number of rotatable bonds is 47. The standard InChI is InChI=1S/C54H106O/c1-7-11-15-19-23-27-31-35-39-43-47-52(48-44-40-36-32-28-24-20-16-12-8-2)54(55-51(5)6)53(49-45-41-37-33-29-25-21-17-13-9-3)50-46-42-38-34-30-26-22-18-14-10-4/h52H,5,7-50H2,1-4,6H3. The van der Waals surface area contributed by atoms with Crippen LogP contribution in [0.5, 0.6) is 0 Å². The lowest BCUT2D eigenvalue weighted by atomic mass is 9.87. The van der Waals surface area contributed by atoms with Crippen LogP contribution in [0.4, 0.5) is 0 Å². The zero-order valence-electron chi connectivity index (χ0n) is 39.3. The van der Waals surface area contributed by atoms with E-state index in [4.69, 9.17) is 4.74 Å². The van der Waals surface area contributed by atoms with Crippen molar-refractivity contribution in [2.24, 2.45) is 5.92 Å². The molecule has 0 aliphatic carbocycles. The fourth-order valence-electron chi connectivity index (χ4n) is 8.82. The first-order valence-electron chi connectivity index (χ1n) is 26.2. The lowest BCUT2D eigenvalue weighted by molar-refractivity contribution is 0.229. The molecule has 0 aliphatic heterocycles. The fourth-order valence-corrected chi connectivity index (χ4v) is 8.82. The van der Waals surface area contributed by atoms with Crippen molar-refractivity contribution in [3.05, 3.63) is 23.7 Å². The molecule has 0 unspecified atom stereocenters. The SMILES string of the molecule is C=C(C)OC(=C(CCCCCCCCCCCC)CCCCCCCCCCCC)C(CCCCCCCCCCCC)CCCCCCCCCCCC. The molecule has 0 radical (unpaired) electrons. The summed E-state index contributed by atoms with van der Waals surface area (Å²) in [6.45, 7) is 15.7. The summed E-state index contributed by atoms with van der Waals surface area (Å²) in [5, 5.41) is 0. The van der Waals surface area contributed by atoms with Gasteiger partial charge in [-0.3, -0.25) is 0 Å². The van der Waals surface area contributed by atoms with Gasteiger partial charge in [0.2, 0.25) is 0 Å². The van der Waals surface area contributed by atoms with Crippen LogP contribution < -0.4 is 0 Å². The molecule has 0 rings (SSSR count). The van der Waals surface area contributed by atoms with Gasteiger partial charge in [-0.1, -0.05) is 278 Å². The molecule has 0 saturated heterocycles. The van der Waals surface area contributed by atoms with Crippen molar-refractivity contribution in [2.75, 3.05) is 0 Å². The van der Waals surface area contributed by atoms with E-state index in [2.05, 4.69) is 41.2 Å². The Morgan fingerprint density at radius 2 is 0.545 bits per heavy atom. The van der Waals surface area contributed by atoms with Crippen molar-refractivity contribution in [1.29, 1.82) is 0 Å². The maximum Gasteiger partial charge on any atom is 0.106 e. The Balaban J connectivity index is 5.48. The molecule has 0 N–H and O–H groups in total. The third-order valence-corrected chi connectivity index (χ3v) is 12.5. The highest BCUT2D eigenvalue weighted by molar-refractivity contribution is 5.14. The Kier molecular flexibility index (Phi) is 45.4. The molecular weight excluding hydrogens is 665 g/mol. The Hall–Kier alpha value is -0.720. The lowest BCUT2D eigenvalue weighted by Gasteiger charge is -2.25. The minimum Gasteiger partial charge on any atom is -0.467 e. The molecule has 328 valence electrons. The van der Waals surface area contributed by atoms with E-state index in [9.17, 15) is 0 Å². The maximum atomic E-state index is 6.83. The van der Waals surface area contributed by atoms with Gasteiger partial charge in [0.25, 0.3) is 0 Å². The second kappa shape index (κ2) is 46.0. The summed E-state index contributed by atoms with van der Waals surface area (Å²) >= 11 is 0. The van der Waals surface area contributed by atoms with Gasteiger partial charge < -0.3 is 4.74 Å². The molecule has 1 nitrogen and oxygen atoms in total. The van der Waals surface area contributed by atoms with E-state index in [0.29, 0.717) is 5.92 Å². The first kappa shape index (κ1) is 54.3. The minimum absolute atomic E-state index is 0.584. The van der Waals surface area contributed by atoms with Crippen LogP contribution >= 0.6 is 0 Å². The average Bonchev–Trinajstić information content (AvgIpc) is 3.18. The lowest BCUT2D eigenvalue weighted by Crippen LogP contribution is -2.11. The highest BCUT2D eigenvalue weighted by atomic mass is 16.5. The van der Waals surface area contributed by atoms with E-state index in [-0.39, 0.29) is 0 Å². The van der Waals surface area contributed by atoms with Gasteiger partial charge in [-0.05, 0) is 51.0 Å². The van der Waals surface area contributed by atoms with E-state index < -0.39 is 0 Å². The van der Waals surface area contributed by atoms with Crippen LogP contribution in [0.15, 0.2) is 23.7 Å². The molecular formula is C54H106O. The Morgan fingerprint density at radius 3 is 0.782 bits per heavy atom. The van der Waals surface area contributed by atoms with Crippen molar-refractivity contribution in [2.45, 2.75) is 317 Å². The van der Waals surface area contributed by atoms with Crippen molar-refractivity contribution in [1.82, 2.24) is 0 Å². The van der Waals surface area contributed by atoms with Crippen molar-refractivity contribution in [3.63, 3.8) is 0 Å². The second-order valence-electron chi connectivity index (χ2n) is 18.3. The van der Waals surface area contributed by atoms with Crippen LogP contribution in [0.25, 0.3) is 0 Å². The summed E-state index contributed by atoms with van der Waals surface area (Å²) in [7, 11) is 0. The van der Waals surface area contributed by atoms with Crippen LogP contribution in [0.2, 0.25) is 0 Å². The molecule has 55 heavy (non-hydrogen) atoms. The monoisotopic (exact) mass is 771 g/mol. The molecule has 0 amide bonds. The molecule has 0 aliphatic rings. The second-order valence-corrected chi connectivity index (χ2v) is 18.3. The first-order valence-corrected chi connectivity index (χ1v) is 26.2. The van der Waals surface area contributed by atoms with E-state index in [1.165, 1.54) is 288 Å². The Labute approximate surface area is 350 Å². The molecule has 0 spiro atoms. The van der Waals surface area contributed by atoms with E-state index in [1.807, 2.05) is 0 Å². The zero-order chi connectivity index (χ0) is 40.1. The molecule has 0 saturated carbocycles. The molecule has 1 heteroatoms. The quantitative estimate of drug-likeness (QED) is 0.0442. The molecule has 0 fully saturated rings. The van der Waals surface area contributed by atoms with Gasteiger partial charge in [0.1, 0.15) is 5.76 Å². The molecule has 0 atom stereocenters. The number of hydrogen-bond acceptors (Lipinski definition) is 1. The zero-order valence-corrected chi connectivity index (χ0v) is 39.3. The van der Waals surface area contributed by atoms with Crippen molar-refractivity contribution >= 4 is 0 Å². The smallest absolute Gasteiger partial charge is 0.106 e. The molecule has 0 bridgehead atoms. The van der Waals surface area contributed by atoms with E-state index in [1.54, 1.807) is 5.57 Å². The molecule has 0 aromatic heterocycles. The average molecular weight is 771 g/mol. The Morgan fingerprint density at radius 1 is 0.327 bits per heavy atom. The summed E-state index contributed by atoms with van der Waals surface area (Å²) in [5.74, 6) is 2.89. The summed E-state index contributed by atoms with van der Waals surface area (Å²) in [4.78, 5) is 0. The maximum absolute atomic E-state index is 6.83. The largest absolute Gasteiger partial charge is 0.467 e. The normalized spacial score (nSPS) is 11.5. The highest BCUT2D eigenvalue weighted by Gasteiger charge is 2.21. The first-order chi connectivity index (χ1) is 27.1. The van der Waals surface area contributed by atoms with Crippen LogP contribution in [0.3, 0.4) is 0 Å². The molecule has 0 aromatic rings. The third kappa shape index (κ3) is 39.9. The van der Waals surface area contributed by atoms with E-state index in [0.717, 1.165) is 5.76 Å². The summed E-state index contributed by atoms with van der Waals surface area (Å²) in [6.07, 6.45) is 61.7. The van der Waals surface area contributed by atoms with Gasteiger partial charge in [-0.2, -0.15) is 0 Å². The van der Waals surface area contributed by atoms with Crippen LogP contribution in [0, 0.1) is 5.92 Å². The van der Waals surface area contributed by atoms with Crippen LogP contribution in [0.1, 0.15) is 317 Å². The van der Waals surface area contributed by atoms with Gasteiger partial charge in [-0.15, -0.1) is 0 Å². The van der Waals surface area contributed by atoms with Crippen LogP contribution in [-0.4, -0.2) is 0 Å². The van der Waals surface area contributed by atoms with Gasteiger partial charge in [0, 0.05) is 5.92 Å². The van der Waals surface area contributed by atoms with Gasteiger partial charge in [0.15, 0.2) is 0 Å². The van der Waals surface area contributed by atoms with Gasteiger partial charge >= 0.3 is 0 Å². The summed E-state index contributed by atoms with van der Waals surface area (Å²) < 4.78 is 6.83. The fraction of sp³-hybridized carbons (Fsp3) is 0.926. The number of hydrogen-bond donors (Lipinski definition) is 0. The predicted molar refractivity (Wildman–Crippen MR) is 252 cm³/mol. The molecule has 0 aromatic carbocycles. The Bertz CT molecular complexity index is 728. The number of allylic oxidation sites excluding steroid dienone is 3. The number of ether oxygens (including phenoxy) is 1. The topological polar surface area (TPSA) is 9.23 Å². The van der Waals surface area contributed by atoms with Crippen molar-refractivity contribution in [3.8, 4) is 0 Å². The minimum atomic E-state index is 0.584. The predicted octanol–water partition coefficient (Wildman–Crippen LogP) is 20.7. The van der Waals surface area contributed by atoms with Crippen molar-refractivity contribution < 1.29 is 4.74 Å². The van der Waals surface area contributed by atoms with E-state index >= 15 is 0 Å². The molecule has 0 heterocycles. The van der Waals surface area contributed by atoms with Crippen LogP contribution in [-0.2, 0) is 4.74 Å². The summed E-state index contributed by atoms with van der Waals surface area (Å²) in [6, 6.07) is 0. The summed E-state index contributed by atoms with van der Waals surface area (Å²) in [5.41, 5.74) is 1.69. The number of unbranched alkanes of at least 4 members (excludes halogenated alkanes) is 36. The third-order valence-electron chi connectivity index (χ3n) is 12.5. The van der Waals surface area contributed by atoms with Gasteiger partial charge in [0.05, 0.1) is 5.76 Å². The highest BCUT2D eigenvalue weighted by Crippen LogP contribution is 2.34.